The van der Waals surface area contributed by atoms with Crippen molar-refractivity contribution in [3.05, 3.63) is 24.3 Å². The molecule has 1 fully saturated rings. The summed E-state index contributed by atoms with van der Waals surface area (Å²) in [5.74, 6) is -0.0495. The molecule has 1 aromatic rings. The molecule has 0 amide bonds. The number of thioether (sulfide) groups is 1. The van der Waals surface area contributed by atoms with E-state index in [0.29, 0.717) is 0 Å². The Morgan fingerprint density at radius 3 is 2.84 bits per heavy atom. The minimum Gasteiger partial charge on any atom is -0.497 e. The Morgan fingerprint density at radius 1 is 1.32 bits per heavy atom. The van der Waals surface area contributed by atoms with Crippen LogP contribution in [0.2, 0.25) is 0 Å². The lowest BCUT2D eigenvalue weighted by molar-refractivity contribution is -0.141. The smallest absolute Gasteiger partial charge is 0.307 e. The summed E-state index contributed by atoms with van der Waals surface area (Å²) in [4.78, 5) is 12.5. The zero-order valence-corrected chi connectivity index (χ0v) is 12.0. The van der Waals surface area contributed by atoms with Crippen molar-refractivity contribution in [1.82, 2.24) is 0 Å². The van der Waals surface area contributed by atoms with Crippen LogP contribution in [0, 0.1) is 5.92 Å². The Bertz CT molecular complexity index is 433. The number of ether oxygens (including phenoxy) is 1. The van der Waals surface area contributed by atoms with Crippen LogP contribution in [0.4, 0.5) is 0 Å². The van der Waals surface area contributed by atoms with Crippen molar-refractivity contribution in [2.24, 2.45) is 5.92 Å². The molecule has 0 spiro atoms. The van der Waals surface area contributed by atoms with Crippen molar-refractivity contribution >= 4 is 17.7 Å². The van der Waals surface area contributed by atoms with E-state index in [-0.39, 0.29) is 11.2 Å². The van der Waals surface area contributed by atoms with E-state index in [9.17, 15) is 9.90 Å². The zero-order chi connectivity index (χ0) is 13.7. The molecule has 0 heterocycles. The van der Waals surface area contributed by atoms with E-state index in [1.165, 1.54) is 0 Å². The Kier molecular flexibility index (Phi) is 5.14. The summed E-state index contributed by atoms with van der Waals surface area (Å²) in [5, 5.41) is 9.55. The molecule has 0 aromatic heterocycles. The Balaban J connectivity index is 2.11. The average Bonchev–Trinajstić information content (AvgIpc) is 2.64. The SMILES string of the molecule is COc1cccc(SC2CCCCCC2C(=O)O)c1. The summed E-state index contributed by atoms with van der Waals surface area (Å²) in [7, 11) is 1.65. The molecule has 2 unspecified atom stereocenters. The van der Waals surface area contributed by atoms with Crippen LogP contribution >= 0.6 is 11.8 Å². The quantitative estimate of drug-likeness (QED) is 0.852. The number of carbonyl (C=O) groups is 1. The molecule has 1 aliphatic carbocycles. The molecule has 3 nitrogen and oxygen atoms in total. The lowest BCUT2D eigenvalue weighted by Gasteiger charge is -2.21. The first kappa shape index (κ1) is 14.3. The van der Waals surface area contributed by atoms with Crippen molar-refractivity contribution in [2.75, 3.05) is 7.11 Å². The molecular formula is C15H20O3S. The van der Waals surface area contributed by atoms with Gasteiger partial charge in [-0.1, -0.05) is 25.3 Å². The molecule has 19 heavy (non-hydrogen) atoms. The standard InChI is InChI=1S/C15H20O3S/c1-18-11-6-5-7-12(10-11)19-14-9-4-2-3-8-13(14)15(16)17/h5-7,10,13-14H,2-4,8-9H2,1H3,(H,16,17). The second-order valence-electron chi connectivity index (χ2n) is 4.92. The van der Waals surface area contributed by atoms with Crippen molar-refractivity contribution in [3.63, 3.8) is 0 Å². The second-order valence-corrected chi connectivity index (χ2v) is 6.23. The molecule has 0 saturated heterocycles. The zero-order valence-electron chi connectivity index (χ0n) is 11.2. The molecule has 2 atom stereocenters. The first-order chi connectivity index (χ1) is 9.20. The predicted molar refractivity (Wildman–Crippen MR) is 76.8 cm³/mol. The Labute approximate surface area is 118 Å². The van der Waals surface area contributed by atoms with Gasteiger partial charge in [0.05, 0.1) is 13.0 Å². The molecule has 0 aliphatic heterocycles. The van der Waals surface area contributed by atoms with Crippen LogP contribution < -0.4 is 4.74 Å². The highest BCUT2D eigenvalue weighted by Crippen LogP contribution is 2.37. The first-order valence-corrected chi connectivity index (χ1v) is 7.62. The summed E-state index contributed by atoms with van der Waals surface area (Å²) < 4.78 is 5.21. The van der Waals surface area contributed by atoms with Crippen LogP contribution in [0.25, 0.3) is 0 Å². The molecule has 1 saturated carbocycles. The number of carboxylic acid groups (broad SMARTS) is 1. The van der Waals surface area contributed by atoms with E-state index in [0.717, 1.165) is 42.7 Å². The van der Waals surface area contributed by atoms with E-state index in [4.69, 9.17) is 4.74 Å². The number of aliphatic carboxylic acids is 1. The number of rotatable bonds is 4. The monoisotopic (exact) mass is 280 g/mol. The molecule has 2 rings (SSSR count). The Morgan fingerprint density at radius 2 is 2.11 bits per heavy atom. The minimum absolute atomic E-state index is 0.173. The predicted octanol–water partition coefficient (Wildman–Crippen LogP) is 3.82. The minimum atomic E-state index is -0.651. The highest BCUT2D eigenvalue weighted by Gasteiger charge is 2.30. The number of hydrogen-bond acceptors (Lipinski definition) is 3. The maximum atomic E-state index is 11.4. The lowest BCUT2D eigenvalue weighted by atomic mass is 10.0. The number of carboxylic acids is 1. The second kappa shape index (κ2) is 6.85. The van der Waals surface area contributed by atoms with Crippen LogP contribution in [0.1, 0.15) is 32.1 Å². The van der Waals surface area contributed by atoms with Crippen LogP contribution in [-0.2, 0) is 4.79 Å². The van der Waals surface area contributed by atoms with E-state index < -0.39 is 5.97 Å². The maximum Gasteiger partial charge on any atom is 0.307 e. The average molecular weight is 280 g/mol. The van der Waals surface area contributed by atoms with Gasteiger partial charge in [0.2, 0.25) is 0 Å². The van der Waals surface area contributed by atoms with E-state index >= 15 is 0 Å². The summed E-state index contributed by atoms with van der Waals surface area (Å²) in [5.41, 5.74) is 0. The molecule has 104 valence electrons. The van der Waals surface area contributed by atoms with Crippen molar-refractivity contribution in [1.29, 1.82) is 0 Å². The third kappa shape index (κ3) is 3.90. The molecule has 1 N–H and O–H groups in total. The van der Waals surface area contributed by atoms with Crippen molar-refractivity contribution in [3.8, 4) is 5.75 Å². The van der Waals surface area contributed by atoms with Gasteiger partial charge in [0.25, 0.3) is 0 Å². The molecule has 0 radical (unpaired) electrons. The molecule has 1 aromatic carbocycles. The third-order valence-corrected chi connectivity index (χ3v) is 4.99. The fraction of sp³-hybridized carbons (Fsp3) is 0.533. The van der Waals surface area contributed by atoms with Gasteiger partial charge in [-0.05, 0) is 31.0 Å². The van der Waals surface area contributed by atoms with Gasteiger partial charge in [-0.25, -0.2) is 0 Å². The summed E-state index contributed by atoms with van der Waals surface area (Å²) in [6.45, 7) is 0. The topological polar surface area (TPSA) is 46.5 Å². The van der Waals surface area contributed by atoms with E-state index in [1.54, 1.807) is 18.9 Å². The molecule has 1 aliphatic rings. The normalized spacial score (nSPS) is 23.6. The maximum absolute atomic E-state index is 11.4. The number of methoxy groups -OCH3 is 1. The van der Waals surface area contributed by atoms with Crippen LogP contribution in [-0.4, -0.2) is 23.4 Å². The highest BCUT2D eigenvalue weighted by atomic mass is 32.2. The first-order valence-electron chi connectivity index (χ1n) is 6.74. The van der Waals surface area contributed by atoms with Crippen LogP contribution in [0.5, 0.6) is 5.75 Å². The van der Waals surface area contributed by atoms with Gasteiger partial charge in [-0.3, -0.25) is 4.79 Å². The van der Waals surface area contributed by atoms with Gasteiger partial charge in [0.1, 0.15) is 5.75 Å². The van der Waals surface area contributed by atoms with Gasteiger partial charge in [0, 0.05) is 10.1 Å². The fourth-order valence-electron chi connectivity index (χ4n) is 2.55. The van der Waals surface area contributed by atoms with E-state index in [2.05, 4.69) is 0 Å². The highest BCUT2D eigenvalue weighted by molar-refractivity contribution is 8.00. The van der Waals surface area contributed by atoms with Gasteiger partial charge < -0.3 is 9.84 Å². The number of benzene rings is 1. The van der Waals surface area contributed by atoms with Crippen LogP contribution in [0.3, 0.4) is 0 Å². The third-order valence-electron chi connectivity index (χ3n) is 3.60. The van der Waals surface area contributed by atoms with Crippen LogP contribution in [0.15, 0.2) is 29.2 Å². The van der Waals surface area contributed by atoms with Gasteiger partial charge in [0.15, 0.2) is 0 Å². The fourth-order valence-corrected chi connectivity index (χ4v) is 3.94. The summed E-state index contributed by atoms with van der Waals surface area (Å²) in [6.07, 6.45) is 5.10. The van der Waals surface area contributed by atoms with Crippen molar-refractivity contribution < 1.29 is 14.6 Å². The lowest BCUT2D eigenvalue weighted by Crippen LogP contribution is -2.24. The molecule has 0 bridgehead atoms. The van der Waals surface area contributed by atoms with Gasteiger partial charge >= 0.3 is 5.97 Å². The molecular weight excluding hydrogens is 260 g/mol. The van der Waals surface area contributed by atoms with E-state index in [1.807, 2.05) is 24.3 Å². The van der Waals surface area contributed by atoms with Crippen molar-refractivity contribution in [2.45, 2.75) is 42.2 Å². The van der Waals surface area contributed by atoms with Gasteiger partial charge in [-0.15, -0.1) is 11.8 Å². The number of hydrogen-bond donors (Lipinski definition) is 1. The Hall–Kier alpha value is -1.16. The largest absolute Gasteiger partial charge is 0.497 e. The van der Waals surface area contributed by atoms with Gasteiger partial charge in [-0.2, -0.15) is 0 Å². The molecule has 4 heteroatoms. The summed E-state index contributed by atoms with van der Waals surface area (Å²) in [6, 6.07) is 7.87. The summed E-state index contributed by atoms with van der Waals surface area (Å²) >= 11 is 1.68.